The average molecular weight is 1110 g/mol. The third-order valence-electron chi connectivity index (χ3n) is 15.5. The van der Waals surface area contributed by atoms with Crippen molar-refractivity contribution in [2.24, 2.45) is 0 Å². The van der Waals surface area contributed by atoms with Gasteiger partial charge in [-0.15, -0.1) is 0 Å². The highest BCUT2D eigenvalue weighted by atomic mass is 16.6. The number of rotatable bonds is 64. The standard InChI is InChI=1S/C73H132O6/c1-4-7-10-13-16-19-22-24-26-28-30-32-33-34-35-36-37-38-39-41-42-44-46-48-51-54-57-60-63-66-72(75)78-69-70(68-77-71(74)65-62-59-56-53-50-21-18-15-12-9-6-3)79-73(76)67-64-61-58-55-52-49-47-45-43-40-31-29-27-25-23-20-17-14-11-8-5-2/h15,18,23,25,28-31,43,45,70H,4-14,16-17,19-22,24,26-27,32-42,44,46-69H2,1-3H3/b18-15-,25-23-,30-28-,31-29-,45-43-. The van der Waals surface area contributed by atoms with Crippen LogP contribution in [-0.4, -0.2) is 37.2 Å². The second-order valence-corrected chi connectivity index (χ2v) is 23.4. The van der Waals surface area contributed by atoms with E-state index in [1.807, 2.05) is 0 Å². The molecule has 0 spiro atoms. The molecule has 0 bridgehead atoms. The van der Waals surface area contributed by atoms with Gasteiger partial charge < -0.3 is 14.2 Å². The van der Waals surface area contributed by atoms with Gasteiger partial charge in [0.25, 0.3) is 0 Å². The topological polar surface area (TPSA) is 78.9 Å². The van der Waals surface area contributed by atoms with Crippen LogP contribution in [0.25, 0.3) is 0 Å². The second-order valence-electron chi connectivity index (χ2n) is 23.4. The molecular formula is C73H132O6. The van der Waals surface area contributed by atoms with Crippen molar-refractivity contribution in [3.8, 4) is 0 Å². The molecule has 0 aliphatic heterocycles. The molecule has 0 heterocycles. The van der Waals surface area contributed by atoms with E-state index in [-0.39, 0.29) is 31.1 Å². The van der Waals surface area contributed by atoms with Gasteiger partial charge in [0, 0.05) is 19.3 Å². The van der Waals surface area contributed by atoms with Crippen LogP contribution in [-0.2, 0) is 28.6 Å². The molecule has 0 radical (unpaired) electrons. The first kappa shape index (κ1) is 76.1. The van der Waals surface area contributed by atoms with E-state index >= 15 is 0 Å². The molecular weight excluding hydrogens is 973 g/mol. The van der Waals surface area contributed by atoms with Crippen molar-refractivity contribution >= 4 is 17.9 Å². The minimum absolute atomic E-state index is 0.0795. The zero-order chi connectivity index (χ0) is 57.1. The Hall–Kier alpha value is -2.89. The minimum Gasteiger partial charge on any atom is -0.462 e. The van der Waals surface area contributed by atoms with Crippen molar-refractivity contribution in [2.75, 3.05) is 13.2 Å². The molecule has 0 saturated heterocycles. The average Bonchev–Trinajstić information content (AvgIpc) is 3.45. The largest absolute Gasteiger partial charge is 0.462 e. The van der Waals surface area contributed by atoms with Crippen LogP contribution in [0.1, 0.15) is 367 Å². The summed E-state index contributed by atoms with van der Waals surface area (Å²) >= 11 is 0. The Balaban J connectivity index is 4.19. The lowest BCUT2D eigenvalue weighted by molar-refractivity contribution is -0.167. The maximum Gasteiger partial charge on any atom is 0.306 e. The summed E-state index contributed by atoms with van der Waals surface area (Å²) in [6.45, 7) is 6.62. The Morgan fingerprint density at radius 2 is 0.468 bits per heavy atom. The number of hydrogen-bond acceptors (Lipinski definition) is 6. The van der Waals surface area contributed by atoms with E-state index in [2.05, 4.69) is 81.5 Å². The van der Waals surface area contributed by atoms with Crippen LogP contribution in [0.5, 0.6) is 0 Å². The Labute approximate surface area is 491 Å². The molecule has 0 N–H and O–H groups in total. The van der Waals surface area contributed by atoms with Crippen molar-refractivity contribution in [2.45, 2.75) is 374 Å². The normalized spacial score (nSPS) is 12.4. The summed E-state index contributed by atoms with van der Waals surface area (Å²) in [7, 11) is 0. The lowest BCUT2D eigenvalue weighted by Crippen LogP contribution is -2.30. The highest BCUT2D eigenvalue weighted by Crippen LogP contribution is 2.17. The number of hydrogen-bond donors (Lipinski definition) is 0. The first-order valence-corrected chi connectivity index (χ1v) is 34.8. The molecule has 0 fully saturated rings. The van der Waals surface area contributed by atoms with E-state index in [1.54, 1.807) is 0 Å². The number of esters is 3. The van der Waals surface area contributed by atoms with E-state index in [4.69, 9.17) is 14.2 Å². The number of ether oxygens (including phenoxy) is 3. The summed E-state index contributed by atoms with van der Waals surface area (Å²) in [5, 5.41) is 0. The fourth-order valence-corrected chi connectivity index (χ4v) is 10.2. The Morgan fingerprint density at radius 3 is 0.759 bits per heavy atom. The van der Waals surface area contributed by atoms with Crippen molar-refractivity contribution < 1.29 is 28.6 Å². The fourth-order valence-electron chi connectivity index (χ4n) is 10.2. The quantitative estimate of drug-likeness (QED) is 0.0261. The Kier molecular flexibility index (Phi) is 65.1. The summed E-state index contributed by atoms with van der Waals surface area (Å²) < 4.78 is 16.9. The zero-order valence-electron chi connectivity index (χ0n) is 52.9. The van der Waals surface area contributed by atoms with Crippen molar-refractivity contribution in [1.29, 1.82) is 0 Å². The van der Waals surface area contributed by atoms with E-state index in [0.29, 0.717) is 19.3 Å². The number of carbonyl (C=O) groups is 3. The fraction of sp³-hybridized carbons (Fsp3) is 0.822. The van der Waals surface area contributed by atoms with Crippen molar-refractivity contribution in [3.63, 3.8) is 0 Å². The van der Waals surface area contributed by atoms with E-state index in [9.17, 15) is 14.4 Å². The summed E-state index contributed by atoms with van der Waals surface area (Å²) in [5.41, 5.74) is 0. The monoisotopic (exact) mass is 1110 g/mol. The third-order valence-corrected chi connectivity index (χ3v) is 15.5. The number of allylic oxidation sites excluding steroid dienone is 10. The molecule has 0 aliphatic carbocycles. The SMILES string of the molecule is CCCC/C=C\CCCCCCCC(=O)OCC(COC(=O)CCCCCCCCCCCCCCCCCCC/C=C\CCCCCCCCCC)OC(=O)CCCCCCCC/C=C\C/C=C\C/C=C\CCCCCCC. The van der Waals surface area contributed by atoms with Gasteiger partial charge in [-0.25, -0.2) is 0 Å². The molecule has 0 rings (SSSR count). The highest BCUT2D eigenvalue weighted by Gasteiger charge is 2.19. The maximum atomic E-state index is 12.9. The first-order chi connectivity index (χ1) is 39.0. The van der Waals surface area contributed by atoms with Crippen LogP contribution in [0.2, 0.25) is 0 Å². The van der Waals surface area contributed by atoms with E-state index in [1.165, 1.54) is 238 Å². The van der Waals surface area contributed by atoms with Gasteiger partial charge in [0.1, 0.15) is 13.2 Å². The predicted molar refractivity (Wildman–Crippen MR) is 344 cm³/mol. The molecule has 0 aliphatic rings. The van der Waals surface area contributed by atoms with Gasteiger partial charge in [0.15, 0.2) is 6.10 Å². The van der Waals surface area contributed by atoms with E-state index in [0.717, 1.165) is 89.9 Å². The highest BCUT2D eigenvalue weighted by molar-refractivity contribution is 5.71. The molecule has 0 amide bonds. The summed E-state index contributed by atoms with van der Waals surface area (Å²) in [4.78, 5) is 38.3. The third kappa shape index (κ3) is 65.8. The molecule has 1 unspecified atom stereocenters. The van der Waals surface area contributed by atoms with Crippen LogP contribution in [0.15, 0.2) is 60.8 Å². The van der Waals surface area contributed by atoms with Gasteiger partial charge >= 0.3 is 17.9 Å². The minimum atomic E-state index is -0.784. The smallest absolute Gasteiger partial charge is 0.306 e. The zero-order valence-corrected chi connectivity index (χ0v) is 52.9. The van der Waals surface area contributed by atoms with Crippen LogP contribution in [0.3, 0.4) is 0 Å². The van der Waals surface area contributed by atoms with Gasteiger partial charge in [-0.3, -0.25) is 14.4 Å². The van der Waals surface area contributed by atoms with Crippen molar-refractivity contribution in [3.05, 3.63) is 60.8 Å². The van der Waals surface area contributed by atoms with Gasteiger partial charge in [0.2, 0.25) is 0 Å². The summed E-state index contributed by atoms with van der Waals surface area (Å²) in [5.74, 6) is -0.884. The molecule has 0 aromatic carbocycles. The van der Waals surface area contributed by atoms with Crippen LogP contribution < -0.4 is 0 Å². The molecule has 0 saturated carbocycles. The van der Waals surface area contributed by atoms with Gasteiger partial charge in [-0.1, -0.05) is 306 Å². The molecule has 460 valence electrons. The molecule has 79 heavy (non-hydrogen) atoms. The molecule has 1 atom stereocenters. The van der Waals surface area contributed by atoms with Crippen LogP contribution >= 0.6 is 0 Å². The van der Waals surface area contributed by atoms with Crippen molar-refractivity contribution in [1.82, 2.24) is 0 Å². The second kappa shape index (κ2) is 67.6. The predicted octanol–water partition coefficient (Wildman–Crippen LogP) is 23.9. The number of carbonyl (C=O) groups excluding carboxylic acids is 3. The van der Waals surface area contributed by atoms with E-state index < -0.39 is 6.10 Å². The van der Waals surface area contributed by atoms with Crippen LogP contribution in [0, 0.1) is 0 Å². The maximum absolute atomic E-state index is 12.9. The molecule has 0 aromatic rings. The van der Waals surface area contributed by atoms with Gasteiger partial charge in [-0.05, 0) is 103 Å². The Bertz CT molecular complexity index is 1410. The number of unbranched alkanes of at least 4 members (excludes halogenated alkanes) is 43. The summed E-state index contributed by atoms with van der Waals surface area (Å²) in [6.07, 6.45) is 86.9. The lowest BCUT2D eigenvalue weighted by atomic mass is 10.0. The van der Waals surface area contributed by atoms with Crippen LogP contribution in [0.4, 0.5) is 0 Å². The molecule has 6 heteroatoms. The lowest BCUT2D eigenvalue weighted by Gasteiger charge is -2.18. The van der Waals surface area contributed by atoms with Gasteiger partial charge in [0.05, 0.1) is 0 Å². The molecule has 6 nitrogen and oxygen atoms in total. The molecule has 0 aromatic heterocycles. The summed E-state index contributed by atoms with van der Waals surface area (Å²) in [6, 6.07) is 0. The van der Waals surface area contributed by atoms with Gasteiger partial charge in [-0.2, -0.15) is 0 Å². The first-order valence-electron chi connectivity index (χ1n) is 34.8. The Morgan fingerprint density at radius 1 is 0.253 bits per heavy atom.